The zero-order chi connectivity index (χ0) is 35.8. The first kappa shape index (κ1) is 41.0. The normalized spacial score (nSPS) is 15.2. The Kier molecular flexibility index (Phi) is 17.6. The number of carboxylic acid groups (broad SMARTS) is 1. The van der Waals surface area contributed by atoms with Crippen molar-refractivity contribution in [2.45, 2.75) is 117 Å². The SMILES string of the molecule is CC(C)CC(N)C(=O)NC(CCCCN)C(=O)NC(Cc1cnc[nH]1)C(=O)NC(C)C(=O)NC(C(=O)NC(C(=O)O)C(C)C)C(C)C. The van der Waals surface area contributed by atoms with E-state index in [2.05, 4.69) is 36.6 Å². The van der Waals surface area contributed by atoms with E-state index in [1.807, 2.05) is 13.8 Å². The molecule has 1 aromatic heterocycles. The first-order valence-corrected chi connectivity index (χ1v) is 16.2. The number of carbonyl (C=O) groups is 6. The smallest absolute Gasteiger partial charge is 0.326 e. The molecule has 0 aliphatic carbocycles. The fraction of sp³-hybridized carbons (Fsp3) is 0.710. The van der Waals surface area contributed by atoms with Crippen LogP contribution in [-0.2, 0) is 35.2 Å². The van der Waals surface area contributed by atoms with E-state index in [1.165, 1.54) is 19.4 Å². The van der Waals surface area contributed by atoms with Gasteiger partial charge in [0.15, 0.2) is 0 Å². The molecule has 0 radical (unpaired) electrons. The van der Waals surface area contributed by atoms with Gasteiger partial charge >= 0.3 is 5.97 Å². The van der Waals surface area contributed by atoms with Gasteiger partial charge in [-0.05, 0) is 56.9 Å². The number of hydrogen-bond donors (Lipinski definition) is 9. The van der Waals surface area contributed by atoms with Crippen LogP contribution in [0.3, 0.4) is 0 Å². The van der Waals surface area contributed by atoms with Crippen molar-refractivity contribution in [3.05, 3.63) is 18.2 Å². The highest BCUT2D eigenvalue weighted by atomic mass is 16.4. The van der Waals surface area contributed by atoms with E-state index < -0.39 is 83.6 Å². The van der Waals surface area contributed by atoms with Gasteiger partial charge in [-0.15, -0.1) is 0 Å². The quantitative estimate of drug-likeness (QED) is 0.0745. The second-order valence-electron chi connectivity index (χ2n) is 13.0. The molecule has 1 rings (SSSR count). The number of H-pyrrole nitrogens is 1. The zero-order valence-electron chi connectivity index (χ0n) is 28.6. The van der Waals surface area contributed by atoms with Crippen LogP contribution in [0.4, 0.5) is 0 Å². The lowest BCUT2D eigenvalue weighted by atomic mass is 10.00. The first-order chi connectivity index (χ1) is 22.0. The number of nitrogens with two attached hydrogens (primary N) is 2. The summed E-state index contributed by atoms with van der Waals surface area (Å²) in [7, 11) is 0. The number of carbonyl (C=O) groups excluding carboxylic acids is 5. The van der Waals surface area contributed by atoms with Gasteiger partial charge in [0.25, 0.3) is 0 Å². The van der Waals surface area contributed by atoms with Crippen molar-refractivity contribution in [1.29, 1.82) is 0 Å². The van der Waals surface area contributed by atoms with E-state index in [0.717, 1.165) is 0 Å². The van der Waals surface area contributed by atoms with Gasteiger partial charge in [0.05, 0.1) is 12.4 Å². The molecule has 266 valence electrons. The molecule has 1 heterocycles. The van der Waals surface area contributed by atoms with Gasteiger partial charge in [-0.3, -0.25) is 24.0 Å². The molecule has 1 aromatic rings. The van der Waals surface area contributed by atoms with Crippen molar-refractivity contribution < 1.29 is 33.9 Å². The van der Waals surface area contributed by atoms with Gasteiger partial charge in [0.1, 0.15) is 30.2 Å². The van der Waals surface area contributed by atoms with Crippen molar-refractivity contribution >= 4 is 35.5 Å². The third-order valence-corrected chi connectivity index (χ3v) is 7.48. The fourth-order valence-electron chi connectivity index (χ4n) is 4.70. The molecule has 11 N–H and O–H groups in total. The Balaban J connectivity index is 3.10. The molecule has 0 saturated carbocycles. The molecular formula is C31H55N9O7. The van der Waals surface area contributed by atoms with Gasteiger partial charge in [-0.2, -0.15) is 0 Å². The summed E-state index contributed by atoms with van der Waals surface area (Å²) in [6, 6.07) is -6.37. The van der Waals surface area contributed by atoms with Crippen LogP contribution in [0.15, 0.2) is 12.5 Å². The molecule has 0 fully saturated rings. The molecule has 6 unspecified atom stereocenters. The summed E-state index contributed by atoms with van der Waals surface area (Å²) >= 11 is 0. The molecule has 0 aliphatic heterocycles. The summed E-state index contributed by atoms with van der Waals surface area (Å²) in [6.07, 6.45) is 4.74. The number of aromatic nitrogens is 2. The van der Waals surface area contributed by atoms with Crippen LogP contribution >= 0.6 is 0 Å². The molecule has 0 bridgehead atoms. The maximum absolute atomic E-state index is 13.5. The molecule has 5 amide bonds. The van der Waals surface area contributed by atoms with Gasteiger partial charge in [0, 0.05) is 18.3 Å². The number of nitrogens with zero attached hydrogens (tertiary/aromatic N) is 1. The topological polar surface area (TPSA) is 264 Å². The number of hydrogen-bond acceptors (Lipinski definition) is 9. The third-order valence-electron chi connectivity index (χ3n) is 7.48. The summed E-state index contributed by atoms with van der Waals surface area (Å²) in [5, 5.41) is 22.5. The lowest BCUT2D eigenvalue weighted by Crippen LogP contribution is -2.60. The van der Waals surface area contributed by atoms with E-state index in [4.69, 9.17) is 11.5 Å². The minimum absolute atomic E-state index is 0.00888. The van der Waals surface area contributed by atoms with Gasteiger partial charge < -0.3 is 48.1 Å². The summed E-state index contributed by atoms with van der Waals surface area (Å²) in [5.41, 5.74) is 12.2. The van der Waals surface area contributed by atoms with Crippen LogP contribution < -0.4 is 38.1 Å². The second kappa shape index (κ2) is 20.2. The molecule has 6 atom stereocenters. The van der Waals surface area contributed by atoms with Crippen LogP contribution in [0.2, 0.25) is 0 Å². The number of rotatable bonds is 21. The average Bonchev–Trinajstić information content (AvgIpc) is 3.49. The lowest BCUT2D eigenvalue weighted by Gasteiger charge is -2.27. The van der Waals surface area contributed by atoms with Gasteiger partial charge in [-0.25, -0.2) is 9.78 Å². The Bertz CT molecular complexity index is 1170. The van der Waals surface area contributed by atoms with Crippen molar-refractivity contribution in [2.24, 2.45) is 29.2 Å². The maximum Gasteiger partial charge on any atom is 0.326 e. The minimum Gasteiger partial charge on any atom is -0.480 e. The molecule has 0 spiro atoms. The van der Waals surface area contributed by atoms with Crippen LogP contribution in [0.25, 0.3) is 0 Å². The van der Waals surface area contributed by atoms with Crippen molar-refractivity contribution in [2.75, 3.05) is 6.54 Å². The van der Waals surface area contributed by atoms with Crippen molar-refractivity contribution in [3.8, 4) is 0 Å². The lowest BCUT2D eigenvalue weighted by molar-refractivity contribution is -0.143. The van der Waals surface area contributed by atoms with Crippen molar-refractivity contribution in [1.82, 2.24) is 36.6 Å². The molecular weight excluding hydrogens is 610 g/mol. The van der Waals surface area contributed by atoms with Gasteiger partial charge in [0.2, 0.25) is 29.5 Å². The van der Waals surface area contributed by atoms with Crippen LogP contribution in [0, 0.1) is 17.8 Å². The Labute approximate surface area is 276 Å². The molecule has 0 aromatic carbocycles. The summed E-state index contributed by atoms with van der Waals surface area (Å²) in [6.45, 7) is 12.3. The van der Waals surface area contributed by atoms with E-state index in [0.29, 0.717) is 31.5 Å². The first-order valence-electron chi connectivity index (χ1n) is 16.2. The third kappa shape index (κ3) is 14.5. The monoisotopic (exact) mass is 665 g/mol. The number of amides is 5. The minimum atomic E-state index is -1.20. The second-order valence-corrected chi connectivity index (χ2v) is 13.0. The number of aliphatic carboxylic acids is 1. The molecule has 0 aliphatic rings. The number of carboxylic acids is 1. The van der Waals surface area contributed by atoms with Gasteiger partial charge in [-0.1, -0.05) is 41.5 Å². The van der Waals surface area contributed by atoms with Crippen LogP contribution in [0.5, 0.6) is 0 Å². The number of imidazole rings is 1. The van der Waals surface area contributed by atoms with Crippen molar-refractivity contribution in [3.63, 3.8) is 0 Å². The zero-order valence-corrected chi connectivity index (χ0v) is 28.6. The predicted octanol–water partition coefficient (Wildman–Crippen LogP) is -0.705. The summed E-state index contributed by atoms with van der Waals surface area (Å²) in [4.78, 5) is 84.3. The number of unbranched alkanes of at least 4 members (excludes halogenated alkanes) is 1. The Hall–Kier alpha value is -4.05. The van der Waals surface area contributed by atoms with E-state index in [9.17, 15) is 33.9 Å². The molecule has 47 heavy (non-hydrogen) atoms. The Morgan fingerprint density at radius 1 is 0.766 bits per heavy atom. The van der Waals surface area contributed by atoms with E-state index in [1.54, 1.807) is 27.7 Å². The summed E-state index contributed by atoms with van der Waals surface area (Å²) < 4.78 is 0. The number of aromatic amines is 1. The molecule has 16 heteroatoms. The highest BCUT2D eigenvalue weighted by Gasteiger charge is 2.33. The van der Waals surface area contributed by atoms with Crippen LogP contribution in [0.1, 0.15) is 79.8 Å². The number of nitrogens with one attached hydrogen (secondary N) is 6. The molecule has 16 nitrogen and oxygen atoms in total. The maximum atomic E-state index is 13.5. The largest absolute Gasteiger partial charge is 0.480 e. The molecule has 0 saturated heterocycles. The van der Waals surface area contributed by atoms with E-state index >= 15 is 0 Å². The standard InChI is InChI=1S/C31H55N9O7/c1-16(2)12-21(33)27(42)37-22(10-8-9-11-32)28(43)38-23(13-20-14-34-15-35-20)29(44)36-19(7)26(41)39-24(17(3)4)30(45)40-25(18(5)6)31(46)47/h14-19,21-25H,8-13,32-33H2,1-7H3,(H,34,35)(H,36,44)(H,37,42)(H,38,43)(H,39,41)(H,40,45)(H,46,47). The fourth-order valence-corrected chi connectivity index (χ4v) is 4.70. The highest BCUT2D eigenvalue weighted by Crippen LogP contribution is 2.09. The van der Waals surface area contributed by atoms with Crippen LogP contribution in [-0.4, -0.2) is 93.4 Å². The highest BCUT2D eigenvalue weighted by molar-refractivity contribution is 5.96. The van der Waals surface area contributed by atoms with E-state index in [-0.39, 0.29) is 18.8 Å². The Morgan fingerprint density at radius 2 is 1.34 bits per heavy atom. The average molecular weight is 666 g/mol. The summed E-state index contributed by atoms with van der Waals surface area (Å²) in [5.74, 6) is -5.01. The predicted molar refractivity (Wildman–Crippen MR) is 175 cm³/mol. The Morgan fingerprint density at radius 3 is 1.85 bits per heavy atom.